The van der Waals surface area contributed by atoms with E-state index in [4.69, 9.17) is 4.84 Å². The lowest BCUT2D eigenvalue weighted by atomic mass is 10.2. The van der Waals surface area contributed by atoms with E-state index in [0.29, 0.717) is 5.33 Å². The summed E-state index contributed by atoms with van der Waals surface area (Å²) in [5, 5.41) is 1.91. The molecule has 1 unspecified atom stereocenters. The van der Waals surface area contributed by atoms with E-state index >= 15 is 0 Å². The summed E-state index contributed by atoms with van der Waals surface area (Å²) in [5.41, 5.74) is 0.915. The zero-order valence-corrected chi connectivity index (χ0v) is 9.55. The van der Waals surface area contributed by atoms with Crippen LogP contribution in [-0.2, 0) is 9.63 Å². The van der Waals surface area contributed by atoms with Gasteiger partial charge >= 0.3 is 0 Å². The number of hydroxylamine groups is 1. The van der Waals surface area contributed by atoms with Gasteiger partial charge < -0.3 is 0 Å². The Morgan fingerprint density at radius 3 is 2.80 bits per heavy atom. The van der Waals surface area contributed by atoms with Crippen LogP contribution in [0.25, 0.3) is 0 Å². The lowest BCUT2D eigenvalue weighted by molar-refractivity contribution is -0.124. The standard InChI is InChI=1S/C11H10BrNO2/c12-8-10(14)11-6-7-13(15-11)9-4-2-1-3-5-9/h1-7,11H,8H2. The Kier molecular flexibility index (Phi) is 3.18. The lowest BCUT2D eigenvalue weighted by Crippen LogP contribution is -2.25. The molecule has 1 aromatic rings. The normalized spacial score (nSPS) is 19.5. The number of anilines is 1. The highest BCUT2D eigenvalue weighted by Crippen LogP contribution is 2.20. The van der Waals surface area contributed by atoms with Crippen LogP contribution >= 0.6 is 15.9 Å². The summed E-state index contributed by atoms with van der Waals surface area (Å²) in [6.45, 7) is 0. The molecule has 0 saturated heterocycles. The highest BCUT2D eigenvalue weighted by atomic mass is 79.9. The first-order valence-electron chi connectivity index (χ1n) is 4.59. The highest BCUT2D eigenvalue weighted by Gasteiger charge is 2.23. The molecule has 0 fully saturated rings. The highest BCUT2D eigenvalue weighted by molar-refractivity contribution is 9.09. The van der Waals surface area contributed by atoms with Crippen molar-refractivity contribution in [3.63, 3.8) is 0 Å². The van der Waals surface area contributed by atoms with E-state index in [1.807, 2.05) is 30.3 Å². The summed E-state index contributed by atoms with van der Waals surface area (Å²) < 4.78 is 0. The minimum Gasteiger partial charge on any atom is -0.295 e. The quantitative estimate of drug-likeness (QED) is 0.788. The number of ketones is 1. The molecule has 1 aliphatic rings. The molecule has 0 saturated carbocycles. The molecule has 0 spiro atoms. The summed E-state index contributed by atoms with van der Waals surface area (Å²) in [6.07, 6.45) is 3.04. The second-order valence-electron chi connectivity index (χ2n) is 3.13. The Labute approximate surface area is 96.4 Å². The molecule has 2 rings (SSSR count). The first kappa shape index (κ1) is 10.4. The van der Waals surface area contributed by atoms with E-state index in [0.717, 1.165) is 5.69 Å². The summed E-state index contributed by atoms with van der Waals surface area (Å²) in [7, 11) is 0. The van der Waals surface area contributed by atoms with Gasteiger partial charge in [-0.15, -0.1) is 0 Å². The van der Waals surface area contributed by atoms with E-state index in [1.54, 1.807) is 17.3 Å². The van der Waals surface area contributed by atoms with Gasteiger partial charge in [0.1, 0.15) is 0 Å². The van der Waals surface area contributed by atoms with Gasteiger partial charge in [-0.3, -0.25) is 9.63 Å². The average Bonchev–Trinajstić information content (AvgIpc) is 2.78. The third kappa shape index (κ3) is 2.27. The van der Waals surface area contributed by atoms with Crippen molar-refractivity contribution in [3.05, 3.63) is 42.6 Å². The Balaban J connectivity index is 2.06. The third-order valence-corrected chi connectivity index (χ3v) is 2.64. The number of para-hydroxylation sites is 1. The fourth-order valence-corrected chi connectivity index (χ4v) is 1.63. The Morgan fingerprint density at radius 2 is 2.13 bits per heavy atom. The van der Waals surface area contributed by atoms with Crippen molar-refractivity contribution in [2.45, 2.75) is 6.10 Å². The fraction of sp³-hybridized carbons (Fsp3) is 0.182. The van der Waals surface area contributed by atoms with Crippen LogP contribution in [0.4, 0.5) is 5.69 Å². The van der Waals surface area contributed by atoms with Crippen LogP contribution < -0.4 is 5.06 Å². The Morgan fingerprint density at radius 1 is 1.40 bits per heavy atom. The molecule has 0 aliphatic carbocycles. The first-order valence-corrected chi connectivity index (χ1v) is 5.71. The molecule has 0 radical (unpaired) electrons. The number of Topliss-reactive ketones (excluding diaryl/α,β-unsaturated/α-hetero) is 1. The molecule has 0 bridgehead atoms. The van der Waals surface area contributed by atoms with Crippen LogP contribution in [-0.4, -0.2) is 17.2 Å². The molecule has 1 atom stereocenters. The number of carbonyl (C=O) groups is 1. The third-order valence-electron chi connectivity index (χ3n) is 2.08. The number of benzene rings is 1. The summed E-state index contributed by atoms with van der Waals surface area (Å²) in [5.74, 6) is 0.0182. The zero-order valence-electron chi connectivity index (χ0n) is 7.97. The molecule has 1 aromatic carbocycles. The number of alkyl halides is 1. The van der Waals surface area contributed by atoms with Gasteiger partial charge in [0, 0.05) is 6.20 Å². The monoisotopic (exact) mass is 267 g/mol. The second kappa shape index (κ2) is 4.59. The SMILES string of the molecule is O=C(CBr)C1C=CN(c2ccccc2)O1. The van der Waals surface area contributed by atoms with Gasteiger partial charge in [-0.2, -0.15) is 0 Å². The summed E-state index contributed by atoms with van der Waals surface area (Å²) in [4.78, 5) is 16.8. The predicted octanol–water partition coefficient (Wildman–Crippen LogP) is 2.28. The van der Waals surface area contributed by atoms with Gasteiger partial charge in [0.05, 0.1) is 11.0 Å². The lowest BCUT2D eigenvalue weighted by Gasteiger charge is -2.16. The van der Waals surface area contributed by atoms with Crippen LogP contribution in [0, 0.1) is 0 Å². The number of hydrogen-bond acceptors (Lipinski definition) is 3. The van der Waals surface area contributed by atoms with Gasteiger partial charge in [0.2, 0.25) is 0 Å². The number of halogens is 1. The minimum atomic E-state index is -0.468. The van der Waals surface area contributed by atoms with Crippen molar-refractivity contribution >= 4 is 27.4 Å². The Hall–Kier alpha value is -1.13. The largest absolute Gasteiger partial charge is 0.295 e. The molecular weight excluding hydrogens is 258 g/mol. The molecule has 15 heavy (non-hydrogen) atoms. The van der Waals surface area contributed by atoms with E-state index < -0.39 is 6.10 Å². The maximum Gasteiger partial charge on any atom is 0.178 e. The molecule has 3 nitrogen and oxygen atoms in total. The molecule has 4 heteroatoms. The van der Waals surface area contributed by atoms with Gasteiger partial charge in [-0.05, 0) is 18.2 Å². The minimum absolute atomic E-state index is 0.0182. The molecule has 78 valence electrons. The van der Waals surface area contributed by atoms with Gasteiger partial charge in [0.15, 0.2) is 11.9 Å². The van der Waals surface area contributed by atoms with Crippen LogP contribution in [0.3, 0.4) is 0 Å². The van der Waals surface area contributed by atoms with E-state index in [1.165, 1.54) is 0 Å². The van der Waals surface area contributed by atoms with Crippen molar-refractivity contribution in [1.82, 2.24) is 0 Å². The molecule has 0 N–H and O–H groups in total. The topological polar surface area (TPSA) is 29.5 Å². The van der Waals surface area contributed by atoms with Crippen LogP contribution in [0.1, 0.15) is 0 Å². The van der Waals surface area contributed by atoms with Crippen molar-refractivity contribution in [1.29, 1.82) is 0 Å². The number of hydrogen-bond donors (Lipinski definition) is 0. The van der Waals surface area contributed by atoms with Crippen LogP contribution in [0.5, 0.6) is 0 Å². The maximum absolute atomic E-state index is 11.3. The molecule has 1 aliphatic heterocycles. The molecular formula is C11H10BrNO2. The number of rotatable bonds is 3. The van der Waals surface area contributed by atoms with E-state index in [2.05, 4.69) is 15.9 Å². The van der Waals surface area contributed by atoms with Gasteiger partial charge in [-0.25, -0.2) is 5.06 Å². The van der Waals surface area contributed by atoms with Crippen LogP contribution in [0.15, 0.2) is 42.6 Å². The summed E-state index contributed by atoms with van der Waals surface area (Å²) >= 11 is 3.12. The van der Waals surface area contributed by atoms with Crippen molar-refractivity contribution < 1.29 is 9.63 Å². The molecule has 0 aromatic heterocycles. The van der Waals surface area contributed by atoms with Gasteiger partial charge in [0.25, 0.3) is 0 Å². The Bertz CT molecular complexity index is 377. The zero-order chi connectivity index (χ0) is 10.7. The van der Waals surface area contributed by atoms with Crippen LogP contribution in [0.2, 0.25) is 0 Å². The predicted molar refractivity (Wildman–Crippen MR) is 61.7 cm³/mol. The van der Waals surface area contributed by atoms with Crippen molar-refractivity contribution in [2.75, 3.05) is 10.4 Å². The molecule has 0 amide bonds. The van der Waals surface area contributed by atoms with Crippen molar-refractivity contribution in [3.8, 4) is 0 Å². The summed E-state index contributed by atoms with van der Waals surface area (Å²) in [6, 6.07) is 9.62. The van der Waals surface area contributed by atoms with E-state index in [-0.39, 0.29) is 5.78 Å². The smallest absolute Gasteiger partial charge is 0.178 e. The maximum atomic E-state index is 11.3. The second-order valence-corrected chi connectivity index (χ2v) is 3.69. The van der Waals surface area contributed by atoms with Gasteiger partial charge in [-0.1, -0.05) is 34.1 Å². The fourth-order valence-electron chi connectivity index (χ4n) is 1.31. The average molecular weight is 268 g/mol. The molecule has 1 heterocycles. The van der Waals surface area contributed by atoms with E-state index in [9.17, 15) is 4.79 Å². The first-order chi connectivity index (χ1) is 7.31. The van der Waals surface area contributed by atoms with Crippen molar-refractivity contribution in [2.24, 2.45) is 0 Å². The number of nitrogens with zero attached hydrogens (tertiary/aromatic N) is 1. The number of carbonyl (C=O) groups excluding carboxylic acids is 1.